The van der Waals surface area contributed by atoms with Crippen LogP contribution in [0.25, 0.3) is 5.57 Å². The van der Waals surface area contributed by atoms with Gasteiger partial charge in [0.2, 0.25) is 0 Å². The first kappa shape index (κ1) is 15.5. The van der Waals surface area contributed by atoms with Crippen LogP contribution in [0.15, 0.2) is 29.6 Å². The molecule has 23 heavy (non-hydrogen) atoms. The van der Waals surface area contributed by atoms with Crippen molar-refractivity contribution in [2.75, 3.05) is 4.90 Å². The Morgan fingerprint density at radius 2 is 2.26 bits per heavy atom. The van der Waals surface area contributed by atoms with Crippen molar-refractivity contribution in [2.45, 2.75) is 6.61 Å². The lowest BCUT2D eigenvalue weighted by Gasteiger charge is -2.11. The monoisotopic (exact) mass is 351 g/mol. The average Bonchev–Trinajstić information content (AvgIpc) is 3.08. The summed E-state index contributed by atoms with van der Waals surface area (Å²) in [4.78, 5) is 25.4. The molecule has 2 N–H and O–H groups in total. The lowest BCUT2D eigenvalue weighted by Crippen LogP contribution is -2.37. The maximum Gasteiger partial charge on any atom is 0.326 e. The molecular weight excluding hydrogens is 343 g/mol. The first-order valence-corrected chi connectivity index (χ1v) is 7.65. The topological polar surface area (TPSA) is 72.6 Å². The van der Waals surface area contributed by atoms with Crippen LogP contribution >= 0.6 is 22.9 Å². The van der Waals surface area contributed by atoms with Crippen LogP contribution in [0.3, 0.4) is 0 Å². The summed E-state index contributed by atoms with van der Waals surface area (Å²) in [7, 11) is 0. The van der Waals surface area contributed by atoms with Crippen molar-refractivity contribution in [1.29, 1.82) is 0 Å². The predicted molar refractivity (Wildman–Crippen MR) is 84.2 cm³/mol. The number of primary amides is 1. The van der Waals surface area contributed by atoms with E-state index in [9.17, 15) is 14.0 Å². The van der Waals surface area contributed by atoms with E-state index in [0.29, 0.717) is 4.90 Å². The summed E-state index contributed by atoms with van der Waals surface area (Å²) in [5.74, 6) is -1.46. The molecule has 2 heterocycles. The summed E-state index contributed by atoms with van der Waals surface area (Å²) in [6.45, 7) is 0.205. The molecule has 0 atom stereocenters. The lowest BCUT2D eigenvalue weighted by atomic mass is 10.1. The second kappa shape index (κ2) is 6.02. The normalized spacial score (nSPS) is 15.1. The van der Waals surface area contributed by atoms with Gasteiger partial charge < -0.3 is 10.5 Å². The Bertz CT molecular complexity index is 820. The second-order valence-electron chi connectivity index (χ2n) is 4.61. The number of fused-ring (bicyclic) bond motifs is 1. The first-order chi connectivity index (χ1) is 11.0. The minimum Gasteiger partial charge on any atom is -0.483 e. The van der Waals surface area contributed by atoms with Crippen LogP contribution in [0.4, 0.5) is 14.9 Å². The molecule has 5 nitrogen and oxygen atoms in total. The highest BCUT2D eigenvalue weighted by atomic mass is 35.5. The molecule has 2 aromatic rings. The third-order valence-corrected chi connectivity index (χ3v) is 4.29. The Hall–Kier alpha value is -2.38. The zero-order valence-corrected chi connectivity index (χ0v) is 13.1. The fraction of sp³-hybridized carbons (Fsp3) is 0.0667. The molecule has 0 saturated heterocycles. The van der Waals surface area contributed by atoms with Gasteiger partial charge in [-0.15, -0.1) is 11.3 Å². The van der Waals surface area contributed by atoms with Crippen molar-refractivity contribution < 1.29 is 18.7 Å². The summed E-state index contributed by atoms with van der Waals surface area (Å²) < 4.78 is 18.9. The number of halogens is 2. The molecule has 1 radical (unpaired) electrons. The Labute approximate surface area is 139 Å². The number of carbonyl (C=O) groups is 2. The quantitative estimate of drug-likeness (QED) is 0.681. The van der Waals surface area contributed by atoms with E-state index in [1.165, 1.54) is 17.4 Å². The van der Waals surface area contributed by atoms with Crippen LogP contribution in [0.2, 0.25) is 5.02 Å². The van der Waals surface area contributed by atoms with Gasteiger partial charge in [0, 0.05) is 10.4 Å². The van der Waals surface area contributed by atoms with Crippen LogP contribution < -0.4 is 10.6 Å². The molecule has 3 amide bonds. The van der Waals surface area contributed by atoms with Gasteiger partial charge in [0.1, 0.15) is 12.4 Å². The minimum atomic E-state index is -0.992. The van der Waals surface area contributed by atoms with Gasteiger partial charge in [0.15, 0.2) is 6.26 Å². The molecule has 1 aliphatic rings. The fourth-order valence-corrected chi connectivity index (χ4v) is 2.92. The number of nitrogens with zero attached hydrogens (tertiary/aromatic N) is 1. The number of rotatable bonds is 3. The standard InChI is InChI=1S/C15H9ClFN2O3S/c16-11-5-13-9(4-12(11)17)10(14(20)19(13)15(18)21)7-22-6-8-2-1-3-23-8/h1-5H,6H2,(H2,18,21). The summed E-state index contributed by atoms with van der Waals surface area (Å²) in [6, 6.07) is 4.95. The van der Waals surface area contributed by atoms with Gasteiger partial charge in [-0.3, -0.25) is 4.79 Å². The Morgan fingerprint density at radius 3 is 2.91 bits per heavy atom. The van der Waals surface area contributed by atoms with Gasteiger partial charge in [-0.2, -0.15) is 0 Å². The van der Waals surface area contributed by atoms with Gasteiger partial charge in [-0.05, 0) is 23.6 Å². The molecule has 1 aromatic heterocycles. The molecule has 0 bridgehead atoms. The number of carbonyl (C=O) groups excluding carboxylic acids is 2. The van der Waals surface area contributed by atoms with Gasteiger partial charge in [0.25, 0.3) is 5.91 Å². The summed E-state index contributed by atoms with van der Waals surface area (Å²) >= 11 is 7.19. The number of amides is 3. The Morgan fingerprint density at radius 1 is 1.48 bits per heavy atom. The third kappa shape index (κ3) is 2.80. The molecule has 117 valence electrons. The maximum absolute atomic E-state index is 13.7. The van der Waals surface area contributed by atoms with Crippen LogP contribution in [-0.4, -0.2) is 11.9 Å². The largest absolute Gasteiger partial charge is 0.483 e. The van der Waals surface area contributed by atoms with Gasteiger partial charge in [0.05, 0.1) is 16.3 Å². The number of imide groups is 1. The molecule has 1 aliphatic heterocycles. The number of hydrogen-bond donors (Lipinski definition) is 1. The number of anilines is 1. The van der Waals surface area contributed by atoms with Crippen molar-refractivity contribution >= 4 is 46.1 Å². The van der Waals surface area contributed by atoms with E-state index in [2.05, 4.69) is 6.26 Å². The van der Waals surface area contributed by atoms with E-state index >= 15 is 0 Å². The van der Waals surface area contributed by atoms with Crippen LogP contribution in [0.1, 0.15) is 10.4 Å². The SMILES string of the molecule is NC(=O)N1C(=O)C(=[C]OCc2cccs2)c2cc(F)c(Cl)cc21. The van der Waals surface area contributed by atoms with E-state index in [1.54, 1.807) is 0 Å². The Balaban J connectivity index is 1.96. The number of thiophene rings is 1. The number of nitrogens with two attached hydrogens (primary N) is 1. The fourth-order valence-electron chi connectivity index (χ4n) is 2.15. The Kier molecular flexibility index (Phi) is 4.06. The zero-order chi connectivity index (χ0) is 16.6. The molecule has 8 heteroatoms. The van der Waals surface area contributed by atoms with Crippen molar-refractivity contribution in [3.63, 3.8) is 0 Å². The van der Waals surface area contributed by atoms with Crippen molar-refractivity contribution in [2.24, 2.45) is 5.73 Å². The molecule has 0 aliphatic carbocycles. The van der Waals surface area contributed by atoms with E-state index in [4.69, 9.17) is 22.1 Å². The third-order valence-electron chi connectivity index (χ3n) is 3.15. The summed E-state index contributed by atoms with van der Waals surface area (Å²) in [5.41, 5.74) is 5.39. The number of urea groups is 1. The van der Waals surface area contributed by atoms with Crippen LogP contribution in [0.5, 0.6) is 0 Å². The van der Waals surface area contributed by atoms with E-state index in [-0.39, 0.29) is 28.5 Å². The maximum atomic E-state index is 13.7. The van der Waals surface area contributed by atoms with E-state index < -0.39 is 17.8 Å². The van der Waals surface area contributed by atoms with Crippen LogP contribution in [-0.2, 0) is 16.1 Å². The highest BCUT2D eigenvalue weighted by molar-refractivity contribution is 7.09. The number of hydrogen-bond acceptors (Lipinski definition) is 4. The molecule has 0 unspecified atom stereocenters. The minimum absolute atomic E-state index is 0.0778. The van der Waals surface area contributed by atoms with Crippen molar-refractivity contribution in [3.8, 4) is 0 Å². The van der Waals surface area contributed by atoms with Gasteiger partial charge >= 0.3 is 6.03 Å². The van der Waals surface area contributed by atoms with Crippen LogP contribution in [0, 0.1) is 12.1 Å². The molecule has 0 fully saturated rings. The highest BCUT2D eigenvalue weighted by Gasteiger charge is 2.37. The highest BCUT2D eigenvalue weighted by Crippen LogP contribution is 2.39. The lowest BCUT2D eigenvalue weighted by molar-refractivity contribution is -0.112. The average molecular weight is 352 g/mol. The molecule has 0 saturated carbocycles. The van der Waals surface area contributed by atoms with E-state index in [0.717, 1.165) is 10.9 Å². The second-order valence-corrected chi connectivity index (χ2v) is 6.05. The molecule has 0 spiro atoms. The van der Waals surface area contributed by atoms with Gasteiger partial charge in [-0.1, -0.05) is 17.7 Å². The number of ether oxygens (including phenoxy) is 1. The van der Waals surface area contributed by atoms with Gasteiger partial charge in [-0.25, -0.2) is 14.1 Å². The molecule has 3 rings (SSSR count). The molecule has 1 aromatic carbocycles. The smallest absolute Gasteiger partial charge is 0.326 e. The number of benzene rings is 1. The summed E-state index contributed by atoms with van der Waals surface area (Å²) in [6.07, 6.45) is 2.47. The molecular formula is C15H9ClFN2O3S. The zero-order valence-electron chi connectivity index (χ0n) is 11.5. The van der Waals surface area contributed by atoms with Crippen molar-refractivity contribution in [3.05, 3.63) is 57.2 Å². The first-order valence-electron chi connectivity index (χ1n) is 6.39. The predicted octanol–water partition coefficient (Wildman–Crippen LogP) is 3.33. The van der Waals surface area contributed by atoms with Crippen molar-refractivity contribution in [1.82, 2.24) is 0 Å². The van der Waals surface area contributed by atoms with E-state index in [1.807, 2.05) is 17.5 Å². The summed E-state index contributed by atoms with van der Waals surface area (Å²) in [5, 5.41) is 1.66.